The van der Waals surface area contributed by atoms with Crippen molar-refractivity contribution < 1.29 is 4.79 Å². The summed E-state index contributed by atoms with van der Waals surface area (Å²) in [7, 11) is 1.79. The zero-order valence-corrected chi connectivity index (χ0v) is 14.6. The quantitative estimate of drug-likeness (QED) is 0.663. The number of ketones is 1. The number of rotatable bonds is 4. The molecule has 4 heteroatoms. The number of hydrogen-bond acceptors (Lipinski definition) is 3. The highest BCUT2D eigenvalue weighted by molar-refractivity contribution is 5.96. The zero-order valence-electron chi connectivity index (χ0n) is 14.6. The molecule has 25 heavy (non-hydrogen) atoms. The van der Waals surface area contributed by atoms with E-state index in [1.807, 2.05) is 18.3 Å². The van der Waals surface area contributed by atoms with Gasteiger partial charge in [-0.15, -0.1) is 0 Å². The van der Waals surface area contributed by atoms with E-state index in [1.54, 1.807) is 24.0 Å². The summed E-state index contributed by atoms with van der Waals surface area (Å²) in [6.45, 7) is 0. The lowest BCUT2D eigenvalue weighted by molar-refractivity contribution is 0.0984. The molecule has 1 aromatic carbocycles. The second-order valence-electron chi connectivity index (χ2n) is 7.07. The third kappa shape index (κ3) is 3.34. The minimum atomic E-state index is 0.0816. The van der Waals surface area contributed by atoms with Gasteiger partial charge in [0.2, 0.25) is 0 Å². The van der Waals surface area contributed by atoms with E-state index in [0.29, 0.717) is 18.0 Å². The number of benzene rings is 1. The maximum absolute atomic E-state index is 12.4. The van der Waals surface area contributed by atoms with E-state index in [4.69, 9.17) is 0 Å². The molecule has 2 heterocycles. The Hall–Kier alpha value is -2.49. The molecule has 0 saturated heterocycles. The average molecular weight is 333 g/mol. The monoisotopic (exact) mass is 333 g/mol. The third-order valence-electron chi connectivity index (χ3n) is 5.32. The SMILES string of the molecule is Cn1nccc1C(=O)Cc1ccc2cc(C3CCCCC3)cnc2c1. The molecular weight excluding hydrogens is 310 g/mol. The zero-order chi connectivity index (χ0) is 17.2. The highest BCUT2D eigenvalue weighted by Crippen LogP contribution is 2.33. The van der Waals surface area contributed by atoms with Crippen LogP contribution >= 0.6 is 0 Å². The average Bonchev–Trinajstić information content (AvgIpc) is 3.08. The first-order valence-corrected chi connectivity index (χ1v) is 9.10. The van der Waals surface area contributed by atoms with Gasteiger partial charge in [-0.2, -0.15) is 5.10 Å². The van der Waals surface area contributed by atoms with Crippen LogP contribution in [-0.4, -0.2) is 20.5 Å². The van der Waals surface area contributed by atoms with E-state index in [2.05, 4.69) is 22.2 Å². The largest absolute Gasteiger partial charge is 0.292 e. The molecule has 3 aromatic rings. The number of Topliss-reactive ketones (excluding diaryl/α,β-unsaturated/α-hetero) is 1. The van der Waals surface area contributed by atoms with Gasteiger partial charge in [0.15, 0.2) is 5.78 Å². The van der Waals surface area contributed by atoms with Crippen molar-refractivity contribution in [2.75, 3.05) is 0 Å². The summed E-state index contributed by atoms with van der Waals surface area (Å²) in [5, 5.41) is 5.23. The summed E-state index contributed by atoms with van der Waals surface area (Å²) in [5.41, 5.74) is 3.97. The first-order chi connectivity index (χ1) is 12.2. The van der Waals surface area contributed by atoms with E-state index in [9.17, 15) is 4.79 Å². The molecule has 128 valence electrons. The van der Waals surface area contributed by atoms with E-state index >= 15 is 0 Å². The summed E-state index contributed by atoms with van der Waals surface area (Å²) in [6, 6.07) is 10.2. The molecule has 0 unspecified atom stereocenters. The Bertz CT molecular complexity index is 906. The number of aromatic nitrogens is 3. The maximum atomic E-state index is 12.4. The summed E-state index contributed by atoms with van der Waals surface area (Å²) in [5.74, 6) is 0.745. The van der Waals surface area contributed by atoms with Crippen LogP contribution in [0.5, 0.6) is 0 Å². The summed E-state index contributed by atoms with van der Waals surface area (Å²) in [4.78, 5) is 17.1. The van der Waals surface area contributed by atoms with Crippen molar-refractivity contribution in [2.45, 2.75) is 44.4 Å². The number of aryl methyl sites for hydroxylation is 1. The van der Waals surface area contributed by atoms with E-state index in [-0.39, 0.29) is 5.78 Å². The van der Waals surface area contributed by atoms with Gasteiger partial charge in [0.1, 0.15) is 5.69 Å². The molecule has 0 amide bonds. The first-order valence-electron chi connectivity index (χ1n) is 9.10. The van der Waals surface area contributed by atoms with Gasteiger partial charge >= 0.3 is 0 Å². The predicted octanol–water partition coefficient (Wildman–Crippen LogP) is 4.44. The molecule has 0 radical (unpaired) electrons. The molecule has 1 fully saturated rings. The minimum absolute atomic E-state index is 0.0816. The fourth-order valence-electron chi connectivity index (χ4n) is 3.88. The van der Waals surface area contributed by atoms with Crippen molar-refractivity contribution in [3.63, 3.8) is 0 Å². The maximum Gasteiger partial charge on any atom is 0.185 e. The standard InChI is InChI=1S/C21H23N3O/c1-24-20(9-10-23-24)21(25)12-15-7-8-17-13-18(14-22-19(17)11-15)16-5-3-2-4-6-16/h7-11,13-14,16H,2-6,12H2,1H3. The lowest BCUT2D eigenvalue weighted by Gasteiger charge is -2.21. The number of carbonyl (C=O) groups excluding carboxylic acids is 1. The molecule has 0 N–H and O–H groups in total. The van der Waals surface area contributed by atoms with Crippen LogP contribution in [0.2, 0.25) is 0 Å². The van der Waals surface area contributed by atoms with Crippen LogP contribution in [0.25, 0.3) is 10.9 Å². The fourth-order valence-corrected chi connectivity index (χ4v) is 3.88. The molecule has 0 aliphatic heterocycles. The molecule has 4 nitrogen and oxygen atoms in total. The van der Waals surface area contributed by atoms with Gasteiger partial charge in [0, 0.05) is 31.2 Å². The van der Waals surface area contributed by atoms with Crippen molar-refractivity contribution >= 4 is 16.7 Å². The first kappa shape index (κ1) is 16.0. The molecular formula is C21H23N3O. The molecule has 4 rings (SSSR count). The highest BCUT2D eigenvalue weighted by Gasteiger charge is 2.16. The Morgan fingerprint density at radius 2 is 2.00 bits per heavy atom. The fraction of sp³-hybridized carbons (Fsp3) is 0.381. The molecule has 1 aliphatic rings. The molecule has 2 aromatic heterocycles. The van der Waals surface area contributed by atoms with Crippen LogP contribution in [-0.2, 0) is 13.5 Å². The van der Waals surface area contributed by atoms with Crippen molar-refractivity contribution in [1.82, 2.24) is 14.8 Å². The van der Waals surface area contributed by atoms with Gasteiger partial charge in [0.25, 0.3) is 0 Å². The van der Waals surface area contributed by atoms with Gasteiger partial charge in [0.05, 0.1) is 5.52 Å². The second kappa shape index (κ2) is 6.79. The van der Waals surface area contributed by atoms with Crippen molar-refractivity contribution in [2.24, 2.45) is 7.05 Å². The molecule has 0 atom stereocenters. The lowest BCUT2D eigenvalue weighted by atomic mass is 9.84. The van der Waals surface area contributed by atoms with Crippen LogP contribution in [0, 0.1) is 0 Å². The number of fused-ring (bicyclic) bond motifs is 1. The molecule has 0 spiro atoms. The Labute approximate surface area is 147 Å². The van der Waals surface area contributed by atoms with Gasteiger partial charge < -0.3 is 0 Å². The van der Waals surface area contributed by atoms with Crippen molar-refractivity contribution in [3.8, 4) is 0 Å². The van der Waals surface area contributed by atoms with Crippen LogP contribution in [0.1, 0.15) is 59.6 Å². The lowest BCUT2D eigenvalue weighted by Crippen LogP contribution is -2.09. The van der Waals surface area contributed by atoms with Gasteiger partial charge in [-0.05, 0) is 48.1 Å². The predicted molar refractivity (Wildman–Crippen MR) is 98.8 cm³/mol. The second-order valence-corrected chi connectivity index (χ2v) is 7.07. The number of pyridine rings is 1. The number of nitrogens with zero attached hydrogens (tertiary/aromatic N) is 3. The molecule has 1 aliphatic carbocycles. The molecule has 0 bridgehead atoms. The van der Waals surface area contributed by atoms with Crippen LogP contribution in [0.3, 0.4) is 0 Å². The smallest absolute Gasteiger partial charge is 0.185 e. The van der Waals surface area contributed by atoms with E-state index in [1.165, 1.54) is 43.1 Å². The topological polar surface area (TPSA) is 47.8 Å². The normalized spacial score (nSPS) is 15.6. The van der Waals surface area contributed by atoms with Gasteiger partial charge in [-0.3, -0.25) is 14.5 Å². The molecule has 1 saturated carbocycles. The van der Waals surface area contributed by atoms with E-state index in [0.717, 1.165) is 11.1 Å². The van der Waals surface area contributed by atoms with Gasteiger partial charge in [-0.1, -0.05) is 31.4 Å². The Morgan fingerprint density at radius 1 is 1.16 bits per heavy atom. The Kier molecular flexibility index (Phi) is 4.35. The van der Waals surface area contributed by atoms with E-state index < -0.39 is 0 Å². The van der Waals surface area contributed by atoms with Crippen molar-refractivity contribution in [3.05, 3.63) is 59.5 Å². The third-order valence-corrected chi connectivity index (χ3v) is 5.32. The van der Waals surface area contributed by atoms with Gasteiger partial charge in [-0.25, -0.2) is 0 Å². The van der Waals surface area contributed by atoms with Crippen LogP contribution in [0.4, 0.5) is 0 Å². The van der Waals surface area contributed by atoms with Crippen LogP contribution in [0.15, 0.2) is 42.7 Å². The Balaban J connectivity index is 1.56. The Morgan fingerprint density at radius 3 is 2.76 bits per heavy atom. The number of hydrogen-bond donors (Lipinski definition) is 0. The highest BCUT2D eigenvalue weighted by atomic mass is 16.1. The summed E-state index contributed by atoms with van der Waals surface area (Å²) < 4.78 is 1.62. The summed E-state index contributed by atoms with van der Waals surface area (Å²) >= 11 is 0. The summed E-state index contributed by atoms with van der Waals surface area (Å²) in [6.07, 6.45) is 10.7. The minimum Gasteiger partial charge on any atom is -0.292 e. The van der Waals surface area contributed by atoms with Crippen LogP contribution < -0.4 is 0 Å². The number of carbonyl (C=O) groups is 1. The van der Waals surface area contributed by atoms with Crippen molar-refractivity contribution in [1.29, 1.82) is 0 Å².